The highest BCUT2D eigenvalue weighted by molar-refractivity contribution is 6.27. The summed E-state index contributed by atoms with van der Waals surface area (Å²) in [4.78, 5) is 24.9. The van der Waals surface area contributed by atoms with Crippen molar-refractivity contribution in [3.05, 3.63) is 72.2 Å². The fourth-order valence-corrected chi connectivity index (χ4v) is 4.37. The molecule has 1 amide bonds. The zero-order valence-electron chi connectivity index (χ0n) is 19.9. The Morgan fingerprint density at radius 2 is 2.06 bits per heavy atom. The summed E-state index contributed by atoms with van der Waals surface area (Å²) in [7, 11) is 0. The highest BCUT2D eigenvalue weighted by Gasteiger charge is 2.28. The summed E-state index contributed by atoms with van der Waals surface area (Å²) in [5, 5.41) is 10.5. The first kappa shape index (κ1) is 23.6. The predicted molar refractivity (Wildman–Crippen MR) is 141 cm³/mol. The van der Waals surface area contributed by atoms with Crippen molar-refractivity contribution < 1.29 is 4.79 Å². The molecule has 10 nitrogen and oxygen atoms in total. The Labute approximate surface area is 212 Å². The zero-order valence-corrected chi connectivity index (χ0v) is 20.7. The molecular weight excluding hydrogens is 478 g/mol. The average Bonchev–Trinajstić information content (AvgIpc) is 3.42. The number of alkyl halides is 1. The van der Waals surface area contributed by atoms with Gasteiger partial charge in [-0.05, 0) is 31.1 Å². The van der Waals surface area contributed by atoms with Gasteiger partial charge in [0.1, 0.15) is 17.4 Å². The maximum atomic E-state index is 12.8. The van der Waals surface area contributed by atoms with Gasteiger partial charge >= 0.3 is 0 Å². The third-order valence-corrected chi connectivity index (χ3v) is 6.22. The molecule has 0 bridgehead atoms. The number of anilines is 3. The number of fused-ring (bicyclic) bond motifs is 1. The maximum Gasteiger partial charge on any atom is 0.245 e. The van der Waals surface area contributed by atoms with Crippen molar-refractivity contribution in [1.82, 2.24) is 29.3 Å². The molecule has 1 aromatic carbocycles. The Balaban J connectivity index is 1.35. The number of amides is 1. The van der Waals surface area contributed by atoms with E-state index in [1.165, 1.54) is 6.33 Å². The van der Waals surface area contributed by atoms with Crippen LogP contribution in [0.3, 0.4) is 0 Å². The minimum absolute atomic E-state index is 0.00453. The van der Waals surface area contributed by atoms with Crippen molar-refractivity contribution in [1.29, 1.82) is 0 Å². The number of allylic oxidation sites excluding steroid dienone is 2. The molecule has 184 valence electrons. The summed E-state index contributed by atoms with van der Waals surface area (Å²) in [5.41, 5.74) is 9.95. The normalized spacial score (nSPS) is 17.2. The van der Waals surface area contributed by atoms with Crippen LogP contribution in [0.4, 0.5) is 17.6 Å². The summed E-state index contributed by atoms with van der Waals surface area (Å²) in [6.45, 7) is 4.48. The van der Waals surface area contributed by atoms with Crippen LogP contribution in [-0.2, 0) is 17.9 Å². The predicted octanol–water partition coefficient (Wildman–Crippen LogP) is 3.96. The van der Waals surface area contributed by atoms with Gasteiger partial charge in [0, 0.05) is 19.0 Å². The van der Waals surface area contributed by atoms with Crippen molar-refractivity contribution in [3.8, 4) is 0 Å². The Bertz CT molecular complexity index is 1490. The molecule has 1 unspecified atom stereocenters. The van der Waals surface area contributed by atoms with E-state index in [0.717, 1.165) is 16.8 Å². The van der Waals surface area contributed by atoms with Gasteiger partial charge < -0.3 is 20.9 Å². The van der Waals surface area contributed by atoms with E-state index in [-0.39, 0.29) is 18.4 Å². The van der Waals surface area contributed by atoms with Crippen molar-refractivity contribution in [2.75, 3.05) is 16.4 Å². The fraction of sp³-hybridized carbons (Fsp3) is 0.240. The second-order valence-electron chi connectivity index (χ2n) is 8.56. The molecule has 5 rings (SSSR count). The lowest BCUT2D eigenvalue weighted by atomic mass is 9.97. The lowest BCUT2D eigenvalue weighted by Crippen LogP contribution is -2.31. The van der Waals surface area contributed by atoms with Crippen LogP contribution in [0.15, 0.2) is 61.0 Å². The molecule has 0 fully saturated rings. The quantitative estimate of drug-likeness (QED) is 0.257. The van der Waals surface area contributed by atoms with E-state index in [1.54, 1.807) is 9.25 Å². The number of halogens is 1. The van der Waals surface area contributed by atoms with Gasteiger partial charge in [-0.3, -0.25) is 4.79 Å². The zero-order chi connectivity index (χ0) is 25.3. The van der Waals surface area contributed by atoms with Gasteiger partial charge in [0.25, 0.3) is 0 Å². The van der Waals surface area contributed by atoms with Crippen molar-refractivity contribution in [2.45, 2.75) is 38.4 Å². The molecule has 4 N–H and O–H groups in total. The number of hydrogen-bond acceptors (Lipinski definition) is 7. The van der Waals surface area contributed by atoms with Crippen LogP contribution in [0.2, 0.25) is 0 Å². The molecule has 36 heavy (non-hydrogen) atoms. The number of imidazole rings is 1. The first-order chi connectivity index (χ1) is 17.3. The molecule has 1 atom stereocenters. The lowest BCUT2D eigenvalue weighted by Gasteiger charge is -2.27. The first-order valence-corrected chi connectivity index (χ1v) is 12.0. The Hall–Kier alpha value is -4.18. The number of benzene rings is 1. The van der Waals surface area contributed by atoms with E-state index in [2.05, 4.69) is 48.9 Å². The monoisotopic (exact) mass is 503 g/mol. The SMILES string of the molecule is CCn1nc(C)cc1NC(=O)Cn1cnc2c(NC3(Cl)C=CC(c4ccccc4)=CC3)nc(N)nc21. The topological polar surface area (TPSA) is 129 Å². The third kappa shape index (κ3) is 4.80. The van der Waals surface area contributed by atoms with E-state index in [9.17, 15) is 4.79 Å². The number of nitrogens with one attached hydrogen (secondary N) is 2. The Morgan fingerprint density at radius 1 is 1.25 bits per heavy atom. The molecule has 0 radical (unpaired) electrons. The van der Waals surface area contributed by atoms with E-state index < -0.39 is 5.00 Å². The summed E-state index contributed by atoms with van der Waals surface area (Å²) in [5.74, 6) is 0.843. The Morgan fingerprint density at radius 3 is 2.78 bits per heavy atom. The number of aryl methyl sites for hydroxylation is 2. The molecule has 0 aliphatic heterocycles. The van der Waals surface area contributed by atoms with Gasteiger partial charge in [-0.15, -0.1) is 0 Å². The van der Waals surface area contributed by atoms with Crippen LogP contribution >= 0.6 is 11.6 Å². The van der Waals surface area contributed by atoms with Gasteiger partial charge in [0.15, 0.2) is 17.0 Å². The van der Waals surface area contributed by atoms with Crippen molar-refractivity contribution >= 4 is 51.8 Å². The Kier molecular flexibility index (Phi) is 6.19. The van der Waals surface area contributed by atoms with Gasteiger partial charge in [-0.2, -0.15) is 15.1 Å². The lowest BCUT2D eigenvalue weighted by molar-refractivity contribution is -0.116. The van der Waals surface area contributed by atoms with Crippen molar-refractivity contribution in [3.63, 3.8) is 0 Å². The second-order valence-corrected chi connectivity index (χ2v) is 9.23. The highest BCUT2D eigenvalue weighted by Crippen LogP contribution is 2.34. The van der Waals surface area contributed by atoms with E-state index >= 15 is 0 Å². The number of carbonyl (C=O) groups is 1. The summed E-state index contributed by atoms with van der Waals surface area (Å²) >= 11 is 6.88. The fourth-order valence-electron chi connectivity index (χ4n) is 4.14. The van der Waals surface area contributed by atoms with Crippen LogP contribution in [0.5, 0.6) is 0 Å². The molecule has 3 heterocycles. The molecule has 3 aromatic heterocycles. The molecule has 1 aliphatic rings. The smallest absolute Gasteiger partial charge is 0.245 e. The van der Waals surface area contributed by atoms with Crippen LogP contribution in [0.1, 0.15) is 24.6 Å². The standard InChI is InChI=1S/C25H26ClN9O/c1-3-35-19(13-16(2)33-35)29-20(36)14-34-15-28-21-22(30-24(27)31-23(21)34)32-25(26)11-9-18(10-12-25)17-7-5-4-6-8-17/h4-11,13,15H,3,12,14H2,1-2H3,(H,29,36)(H3,27,30,31,32). The third-order valence-electron chi connectivity index (χ3n) is 5.84. The van der Waals surface area contributed by atoms with Crippen LogP contribution in [-0.4, -0.2) is 40.2 Å². The second kappa shape index (κ2) is 9.46. The summed E-state index contributed by atoms with van der Waals surface area (Å²) < 4.78 is 3.36. The number of hydrogen-bond donors (Lipinski definition) is 3. The number of nitrogen functional groups attached to an aromatic ring is 1. The van der Waals surface area contributed by atoms with E-state index in [1.807, 2.05) is 50.3 Å². The molecule has 11 heteroatoms. The maximum absolute atomic E-state index is 12.8. The largest absolute Gasteiger partial charge is 0.368 e. The van der Waals surface area contributed by atoms with Crippen LogP contribution < -0.4 is 16.4 Å². The minimum atomic E-state index is -0.913. The van der Waals surface area contributed by atoms with Gasteiger partial charge in [-0.1, -0.05) is 54.1 Å². The molecule has 0 saturated carbocycles. The summed E-state index contributed by atoms with van der Waals surface area (Å²) in [6, 6.07) is 11.9. The number of aromatic nitrogens is 6. The number of nitrogens with zero attached hydrogens (tertiary/aromatic N) is 6. The first-order valence-electron chi connectivity index (χ1n) is 11.6. The number of rotatable bonds is 7. The van der Waals surface area contributed by atoms with Gasteiger partial charge in [0.05, 0.1) is 12.0 Å². The van der Waals surface area contributed by atoms with Gasteiger partial charge in [0.2, 0.25) is 11.9 Å². The molecular formula is C25H26ClN9O. The molecule has 0 saturated heterocycles. The minimum Gasteiger partial charge on any atom is -0.368 e. The molecule has 0 spiro atoms. The summed E-state index contributed by atoms with van der Waals surface area (Å²) in [6.07, 6.45) is 8.00. The average molecular weight is 504 g/mol. The number of nitrogens with two attached hydrogens (primary N) is 1. The number of carbonyl (C=O) groups excluding carboxylic acids is 1. The van der Waals surface area contributed by atoms with E-state index in [0.29, 0.717) is 35.8 Å². The highest BCUT2D eigenvalue weighted by atomic mass is 35.5. The van der Waals surface area contributed by atoms with E-state index in [4.69, 9.17) is 17.3 Å². The molecule has 4 aromatic rings. The van der Waals surface area contributed by atoms with Crippen molar-refractivity contribution in [2.24, 2.45) is 0 Å². The molecule has 1 aliphatic carbocycles. The van der Waals surface area contributed by atoms with Crippen LogP contribution in [0.25, 0.3) is 16.7 Å². The van der Waals surface area contributed by atoms with Crippen LogP contribution in [0, 0.1) is 6.92 Å². The van der Waals surface area contributed by atoms with Gasteiger partial charge in [-0.25, -0.2) is 9.67 Å².